The van der Waals surface area contributed by atoms with Crippen LogP contribution in [0.2, 0.25) is 5.02 Å². The van der Waals surface area contributed by atoms with Crippen molar-refractivity contribution in [2.45, 2.75) is 32.6 Å². The molecule has 0 spiro atoms. The number of halogens is 1. The highest BCUT2D eigenvalue weighted by Crippen LogP contribution is 2.42. The molecule has 0 bridgehead atoms. The zero-order chi connectivity index (χ0) is 17.2. The molecule has 1 aromatic carbocycles. The second kappa shape index (κ2) is 6.85. The van der Waals surface area contributed by atoms with E-state index in [4.69, 9.17) is 16.3 Å². The van der Waals surface area contributed by atoms with E-state index in [-0.39, 0.29) is 5.91 Å². The van der Waals surface area contributed by atoms with Crippen molar-refractivity contribution in [2.24, 2.45) is 5.41 Å². The van der Waals surface area contributed by atoms with Gasteiger partial charge in [-0.15, -0.1) is 0 Å². The molecule has 1 aliphatic rings. The zero-order valence-corrected chi connectivity index (χ0v) is 14.4. The fraction of sp³-hybridized carbons (Fsp3) is 0.444. The number of carbonyl (C=O) groups is 2. The van der Waals surface area contributed by atoms with Crippen molar-refractivity contribution >= 4 is 34.4 Å². The number of H-pyrrole nitrogens is 1. The Hall–Kier alpha value is -2.01. The molecule has 128 valence electrons. The third-order valence-electron chi connectivity index (χ3n) is 4.72. The summed E-state index contributed by atoms with van der Waals surface area (Å²) < 4.78 is 5.07. The number of aromatic amines is 1. The Morgan fingerprint density at radius 1 is 1.38 bits per heavy atom. The van der Waals surface area contributed by atoms with E-state index in [0.29, 0.717) is 37.4 Å². The Kier molecular flexibility index (Phi) is 4.81. The second-order valence-corrected chi connectivity index (χ2v) is 6.60. The molecule has 1 amide bonds. The SMILES string of the molecule is CCOC(=O)C1(C(=O)NCCc2c[nH]c3ccc(Cl)cc23)CCC1. The molecule has 0 radical (unpaired) electrons. The van der Waals surface area contributed by atoms with Crippen LogP contribution in [-0.4, -0.2) is 30.0 Å². The van der Waals surface area contributed by atoms with Gasteiger partial charge in [-0.05, 0) is 49.9 Å². The van der Waals surface area contributed by atoms with E-state index in [9.17, 15) is 9.59 Å². The first-order valence-electron chi connectivity index (χ1n) is 8.28. The maximum Gasteiger partial charge on any atom is 0.321 e. The molecule has 0 unspecified atom stereocenters. The second-order valence-electron chi connectivity index (χ2n) is 6.17. The average molecular weight is 349 g/mol. The summed E-state index contributed by atoms with van der Waals surface area (Å²) in [5.74, 6) is -0.613. The number of aromatic nitrogens is 1. The molecule has 0 saturated heterocycles. The standard InChI is InChI=1S/C18H21ClN2O3/c1-2-24-17(23)18(7-3-8-18)16(22)20-9-6-12-11-21-15-5-4-13(19)10-14(12)15/h4-5,10-11,21H,2-3,6-9H2,1H3,(H,20,22). The molecule has 2 N–H and O–H groups in total. The molecular formula is C18H21ClN2O3. The predicted octanol–water partition coefficient (Wildman–Crippen LogP) is 3.21. The van der Waals surface area contributed by atoms with E-state index in [0.717, 1.165) is 22.9 Å². The molecular weight excluding hydrogens is 328 g/mol. The molecule has 1 heterocycles. The van der Waals surface area contributed by atoms with Gasteiger partial charge in [0.2, 0.25) is 5.91 Å². The Bertz CT molecular complexity index is 765. The van der Waals surface area contributed by atoms with Crippen LogP contribution in [0.5, 0.6) is 0 Å². The minimum absolute atomic E-state index is 0.218. The number of hydrogen-bond acceptors (Lipinski definition) is 3. The summed E-state index contributed by atoms with van der Waals surface area (Å²) in [5, 5.41) is 4.64. The van der Waals surface area contributed by atoms with Crippen LogP contribution in [0, 0.1) is 5.41 Å². The number of amides is 1. The Morgan fingerprint density at radius 3 is 2.83 bits per heavy atom. The largest absolute Gasteiger partial charge is 0.465 e. The lowest BCUT2D eigenvalue weighted by atomic mass is 9.68. The summed E-state index contributed by atoms with van der Waals surface area (Å²) >= 11 is 6.05. The lowest BCUT2D eigenvalue weighted by molar-refractivity contribution is -0.167. The van der Waals surface area contributed by atoms with Gasteiger partial charge in [-0.1, -0.05) is 18.0 Å². The molecule has 0 atom stereocenters. The van der Waals surface area contributed by atoms with E-state index in [2.05, 4.69) is 10.3 Å². The zero-order valence-electron chi connectivity index (χ0n) is 13.7. The van der Waals surface area contributed by atoms with Gasteiger partial charge in [0.25, 0.3) is 0 Å². The maximum atomic E-state index is 12.5. The number of benzene rings is 1. The van der Waals surface area contributed by atoms with Crippen molar-refractivity contribution in [3.8, 4) is 0 Å². The first-order valence-corrected chi connectivity index (χ1v) is 8.65. The molecule has 2 aromatic rings. The number of hydrogen-bond donors (Lipinski definition) is 2. The Balaban J connectivity index is 1.62. The van der Waals surface area contributed by atoms with E-state index >= 15 is 0 Å². The van der Waals surface area contributed by atoms with E-state index in [1.54, 1.807) is 6.92 Å². The Labute approximate surface area is 145 Å². The topological polar surface area (TPSA) is 71.2 Å². The molecule has 1 aliphatic carbocycles. The van der Waals surface area contributed by atoms with Gasteiger partial charge in [-0.3, -0.25) is 9.59 Å². The summed E-state index contributed by atoms with van der Waals surface area (Å²) in [6.07, 6.45) is 4.62. The fourth-order valence-corrected chi connectivity index (χ4v) is 3.33. The quantitative estimate of drug-likeness (QED) is 0.622. The number of esters is 1. The minimum Gasteiger partial charge on any atom is -0.465 e. The van der Waals surface area contributed by atoms with Crippen LogP contribution in [0.1, 0.15) is 31.7 Å². The van der Waals surface area contributed by atoms with Gasteiger partial charge >= 0.3 is 5.97 Å². The lowest BCUT2D eigenvalue weighted by Gasteiger charge is -2.37. The number of fused-ring (bicyclic) bond motifs is 1. The van der Waals surface area contributed by atoms with Crippen LogP contribution in [0.3, 0.4) is 0 Å². The third kappa shape index (κ3) is 3.00. The van der Waals surface area contributed by atoms with Crippen LogP contribution in [-0.2, 0) is 20.7 Å². The highest BCUT2D eigenvalue weighted by Gasteiger charge is 2.51. The number of nitrogens with one attached hydrogen (secondary N) is 2. The maximum absolute atomic E-state index is 12.5. The molecule has 24 heavy (non-hydrogen) atoms. The van der Waals surface area contributed by atoms with Crippen LogP contribution < -0.4 is 5.32 Å². The van der Waals surface area contributed by atoms with Crippen molar-refractivity contribution in [1.82, 2.24) is 10.3 Å². The molecule has 0 aliphatic heterocycles. The summed E-state index contributed by atoms with van der Waals surface area (Å²) in [5.41, 5.74) is 1.13. The lowest BCUT2D eigenvalue weighted by Crippen LogP contribution is -2.52. The van der Waals surface area contributed by atoms with Crippen molar-refractivity contribution < 1.29 is 14.3 Å². The highest BCUT2D eigenvalue weighted by molar-refractivity contribution is 6.31. The van der Waals surface area contributed by atoms with Crippen molar-refractivity contribution in [3.05, 3.63) is 35.0 Å². The number of rotatable bonds is 6. The summed E-state index contributed by atoms with van der Waals surface area (Å²) in [7, 11) is 0. The number of carbonyl (C=O) groups excluding carboxylic acids is 2. The van der Waals surface area contributed by atoms with Crippen molar-refractivity contribution in [2.75, 3.05) is 13.2 Å². The van der Waals surface area contributed by atoms with Gasteiger partial charge in [0.1, 0.15) is 5.41 Å². The molecule has 1 aromatic heterocycles. The van der Waals surface area contributed by atoms with Gasteiger partial charge < -0.3 is 15.0 Å². The first-order chi connectivity index (χ1) is 11.6. The molecule has 1 saturated carbocycles. The fourth-order valence-electron chi connectivity index (χ4n) is 3.16. The molecule has 5 nitrogen and oxygen atoms in total. The Morgan fingerprint density at radius 2 is 2.17 bits per heavy atom. The van der Waals surface area contributed by atoms with Crippen molar-refractivity contribution in [1.29, 1.82) is 0 Å². The predicted molar refractivity (Wildman–Crippen MR) is 92.9 cm³/mol. The van der Waals surface area contributed by atoms with Crippen LogP contribution in [0.25, 0.3) is 10.9 Å². The highest BCUT2D eigenvalue weighted by atomic mass is 35.5. The average Bonchev–Trinajstić information content (AvgIpc) is 2.89. The normalized spacial score (nSPS) is 15.8. The smallest absolute Gasteiger partial charge is 0.321 e. The monoisotopic (exact) mass is 348 g/mol. The summed E-state index contributed by atoms with van der Waals surface area (Å²) in [6.45, 7) is 2.52. The van der Waals surface area contributed by atoms with E-state index in [1.807, 2.05) is 24.4 Å². The first kappa shape index (κ1) is 16.8. The van der Waals surface area contributed by atoms with E-state index in [1.165, 1.54) is 0 Å². The van der Waals surface area contributed by atoms with Crippen molar-refractivity contribution in [3.63, 3.8) is 0 Å². The molecule has 6 heteroatoms. The summed E-state index contributed by atoms with van der Waals surface area (Å²) in [6, 6.07) is 5.69. The van der Waals surface area contributed by atoms with Crippen LogP contribution in [0.4, 0.5) is 0 Å². The molecule has 1 fully saturated rings. The van der Waals surface area contributed by atoms with Gasteiger partial charge in [-0.2, -0.15) is 0 Å². The summed E-state index contributed by atoms with van der Waals surface area (Å²) in [4.78, 5) is 27.8. The van der Waals surface area contributed by atoms with Crippen LogP contribution in [0.15, 0.2) is 24.4 Å². The van der Waals surface area contributed by atoms with Gasteiger partial charge in [0.05, 0.1) is 6.61 Å². The number of ether oxygens (including phenoxy) is 1. The van der Waals surface area contributed by atoms with Gasteiger partial charge in [0.15, 0.2) is 0 Å². The van der Waals surface area contributed by atoms with Gasteiger partial charge in [-0.25, -0.2) is 0 Å². The van der Waals surface area contributed by atoms with Crippen LogP contribution >= 0.6 is 11.6 Å². The van der Waals surface area contributed by atoms with Gasteiger partial charge in [0, 0.05) is 28.7 Å². The third-order valence-corrected chi connectivity index (χ3v) is 4.95. The molecule has 3 rings (SSSR count). The minimum atomic E-state index is -0.973. The van der Waals surface area contributed by atoms with E-state index < -0.39 is 11.4 Å².